The molecule has 2 heterocycles. The molecule has 3 aromatic rings. The van der Waals surface area contributed by atoms with E-state index < -0.39 is 11.1 Å². The molecule has 0 saturated carbocycles. The van der Waals surface area contributed by atoms with Crippen molar-refractivity contribution in [1.29, 1.82) is 0 Å². The molecule has 1 saturated heterocycles. The van der Waals surface area contributed by atoms with E-state index in [1.54, 1.807) is 18.2 Å². The van der Waals surface area contributed by atoms with Crippen LogP contribution in [0.2, 0.25) is 0 Å². The number of carbonyl (C=O) groups is 2. The first-order valence-corrected chi connectivity index (χ1v) is 9.97. The summed E-state index contributed by atoms with van der Waals surface area (Å²) in [7, 11) is 0. The Hall–Kier alpha value is -3.59. The minimum atomic E-state index is -0.422. The van der Waals surface area contributed by atoms with Crippen molar-refractivity contribution >= 4 is 29.0 Å². The molecule has 30 heavy (non-hydrogen) atoms. The molecule has 1 aromatic heterocycles. The zero-order valence-corrected chi connectivity index (χ0v) is 16.8. The number of para-hydroxylation sites is 2. The highest BCUT2D eigenvalue weighted by Crippen LogP contribution is 2.31. The summed E-state index contributed by atoms with van der Waals surface area (Å²) in [5.74, 6) is 1.39. The highest BCUT2D eigenvalue weighted by molar-refractivity contribution is 8.18. The Morgan fingerprint density at radius 3 is 2.57 bits per heavy atom. The summed E-state index contributed by atoms with van der Waals surface area (Å²) in [5, 5.41) is 9.96. The van der Waals surface area contributed by atoms with Crippen LogP contribution in [0.4, 0.5) is 4.79 Å². The molecule has 152 valence electrons. The first kappa shape index (κ1) is 19.7. The lowest BCUT2D eigenvalue weighted by Gasteiger charge is -2.07. The van der Waals surface area contributed by atoms with E-state index in [9.17, 15) is 9.59 Å². The van der Waals surface area contributed by atoms with Crippen molar-refractivity contribution in [2.45, 2.75) is 13.5 Å². The van der Waals surface area contributed by atoms with E-state index in [-0.39, 0.29) is 6.61 Å². The summed E-state index contributed by atoms with van der Waals surface area (Å²) >= 11 is 0.851. The van der Waals surface area contributed by atoms with E-state index in [2.05, 4.69) is 15.5 Å². The van der Waals surface area contributed by atoms with Crippen molar-refractivity contribution in [3.63, 3.8) is 0 Å². The zero-order valence-electron chi connectivity index (χ0n) is 16.0. The fourth-order valence-corrected chi connectivity index (χ4v) is 3.45. The van der Waals surface area contributed by atoms with Crippen molar-refractivity contribution < 1.29 is 23.5 Å². The van der Waals surface area contributed by atoms with E-state index >= 15 is 0 Å². The normalized spacial score (nSPS) is 14.8. The number of hydrogen-bond acceptors (Lipinski definition) is 8. The van der Waals surface area contributed by atoms with Crippen LogP contribution in [0.3, 0.4) is 0 Å². The standard InChI is InChI=1S/C21H17N3O5S/c1-2-27-16-10-6-4-8-14(16)20-24-23-18(29-20)12-28-15-9-5-3-7-13(15)11-17-19(25)22-21(26)30-17/h3-11H,2,12H2,1H3,(H,22,25,26)/b17-11+. The molecular formula is C21H17N3O5S. The van der Waals surface area contributed by atoms with Gasteiger partial charge in [0.05, 0.1) is 17.1 Å². The van der Waals surface area contributed by atoms with Crippen LogP contribution in [-0.2, 0) is 11.4 Å². The van der Waals surface area contributed by atoms with Crippen LogP contribution < -0.4 is 14.8 Å². The Labute approximate surface area is 176 Å². The van der Waals surface area contributed by atoms with Gasteiger partial charge in [-0.2, -0.15) is 0 Å². The average Bonchev–Trinajstić information content (AvgIpc) is 3.34. The molecule has 0 aliphatic carbocycles. The summed E-state index contributed by atoms with van der Waals surface area (Å²) in [4.78, 5) is 23.5. The number of carbonyl (C=O) groups excluding carboxylic acids is 2. The summed E-state index contributed by atoms with van der Waals surface area (Å²) in [6, 6.07) is 14.6. The summed E-state index contributed by atoms with van der Waals surface area (Å²) in [6.45, 7) is 2.47. The molecule has 2 amide bonds. The molecule has 1 aliphatic heterocycles. The predicted octanol–water partition coefficient (Wildman–Crippen LogP) is 4.04. The largest absolute Gasteiger partial charge is 0.493 e. The number of nitrogens with one attached hydrogen (secondary N) is 1. The van der Waals surface area contributed by atoms with Gasteiger partial charge in [0, 0.05) is 5.56 Å². The van der Waals surface area contributed by atoms with E-state index in [0.29, 0.717) is 45.9 Å². The highest BCUT2D eigenvalue weighted by atomic mass is 32.2. The Kier molecular flexibility index (Phi) is 5.80. The molecule has 1 N–H and O–H groups in total. The average molecular weight is 423 g/mol. The molecule has 2 aromatic carbocycles. The van der Waals surface area contributed by atoms with E-state index in [4.69, 9.17) is 13.9 Å². The van der Waals surface area contributed by atoms with E-state index in [0.717, 1.165) is 11.8 Å². The molecule has 1 fully saturated rings. The Morgan fingerprint density at radius 1 is 1.03 bits per heavy atom. The third kappa shape index (κ3) is 4.36. The van der Waals surface area contributed by atoms with Crippen LogP contribution in [-0.4, -0.2) is 28.0 Å². The van der Waals surface area contributed by atoms with Crippen LogP contribution in [0.25, 0.3) is 17.5 Å². The summed E-state index contributed by atoms with van der Waals surface area (Å²) < 4.78 is 17.2. The van der Waals surface area contributed by atoms with Gasteiger partial charge in [-0.3, -0.25) is 14.9 Å². The van der Waals surface area contributed by atoms with Gasteiger partial charge in [-0.25, -0.2) is 0 Å². The molecule has 9 heteroatoms. The number of aromatic nitrogens is 2. The van der Waals surface area contributed by atoms with Gasteiger partial charge in [-0.1, -0.05) is 30.3 Å². The van der Waals surface area contributed by atoms with Gasteiger partial charge in [-0.05, 0) is 43.0 Å². The molecule has 4 rings (SSSR count). The summed E-state index contributed by atoms with van der Waals surface area (Å²) in [5.41, 5.74) is 1.36. The highest BCUT2D eigenvalue weighted by Gasteiger charge is 2.25. The van der Waals surface area contributed by atoms with Gasteiger partial charge in [0.1, 0.15) is 11.5 Å². The third-order valence-corrected chi connectivity index (χ3v) is 4.89. The molecule has 0 spiro atoms. The minimum absolute atomic E-state index is 0.0439. The molecule has 0 atom stereocenters. The molecule has 0 unspecified atom stereocenters. The van der Waals surface area contributed by atoms with Crippen molar-refractivity contribution in [2.24, 2.45) is 0 Å². The minimum Gasteiger partial charge on any atom is -0.493 e. The second-order valence-corrected chi connectivity index (χ2v) is 7.12. The van der Waals surface area contributed by atoms with Crippen molar-refractivity contribution in [3.8, 4) is 23.0 Å². The number of ether oxygens (including phenoxy) is 2. The lowest BCUT2D eigenvalue weighted by atomic mass is 10.2. The van der Waals surface area contributed by atoms with Crippen LogP contribution in [0, 0.1) is 0 Å². The smallest absolute Gasteiger partial charge is 0.290 e. The first-order chi connectivity index (χ1) is 14.6. The molecule has 0 bridgehead atoms. The Bertz CT molecular complexity index is 1130. The SMILES string of the molecule is CCOc1ccccc1-c1nnc(COc2ccccc2/C=C2/SC(=O)NC2=O)o1. The van der Waals surface area contributed by atoms with E-state index in [1.807, 2.05) is 43.3 Å². The van der Waals surface area contributed by atoms with Gasteiger partial charge in [0.15, 0.2) is 6.61 Å². The Balaban J connectivity index is 1.50. The second kappa shape index (κ2) is 8.83. The molecular weight excluding hydrogens is 406 g/mol. The quantitative estimate of drug-likeness (QED) is 0.568. The number of thioether (sulfide) groups is 1. The van der Waals surface area contributed by atoms with E-state index in [1.165, 1.54) is 0 Å². The molecule has 0 radical (unpaired) electrons. The van der Waals surface area contributed by atoms with Crippen LogP contribution in [0.1, 0.15) is 18.4 Å². The van der Waals surface area contributed by atoms with Crippen LogP contribution >= 0.6 is 11.8 Å². The number of nitrogens with zero attached hydrogens (tertiary/aromatic N) is 2. The van der Waals surface area contributed by atoms with Crippen LogP contribution in [0.5, 0.6) is 11.5 Å². The number of amides is 2. The third-order valence-electron chi connectivity index (χ3n) is 4.08. The maximum absolute atomic E-state index is 11.8. The Morgan fingerprint density at radius 2 is 1.80 bits per heavy atom. The van der Waals surface area contributed by atoms with Crippen molar-refractivity contribution in [1.82, 2.24) is 15.5 Å². The fraction of sp³-hybridized carbons (Fsp3) is 0.143. The van der Waals surface area contributed by atoms with Gasteiger partial charge in [0.2, 0.25) is 0 Å². The lowest BCUT2D eigenvalue weighted by molar-refractivity contribution is -0.115. The second-order valence-electron chi connectivity index (χ2n) is 6.11. The predicted molar refractivity (Wildman–Crippen MR) is 111 cm³/mol. The number of imide groups is 1. The van der Waals surface area contributed by atoms with Gasteiger partial charge < -0.3 is 13.9 Å². The fourth-order valence-electron chi connectivity index (χ4n) is 2.78. The molecule has 1 aliphatic rings. The number of benzene rings is 2. The first-order valence-electron chi connectivity index (χ1n) is 9.15. The van der Waals surface area contributed by atoms with Gasteiger partial charge in [-0.15, -0.1) is 10.2 Å². The maximum atomic E-state index is 11.8. The number of rotatable bonds is 7. The maximum Gasteiger partial charge on any atom is 0.290 e. The van der Waals surface area contributed by atoms with Crippen LogP contribution in [0.15, 0.2) is 57.9 Å². The van der Waals surface area contributed by atoms with Crippen molar-refractivity contribution in [3.05, 3.63) is 64.9 Å². The topological polar surface area (TPSA) is 104 Å². The van der Waals surface area contributed by atoms with Gasteiger partial charge >= 0.3 is 0 Å². The zero-order chi connectivity index (χ0) is 20.9. The summed E-state index contributed by atoms with van der Waals surface area (Å²) in [6.07, 6.45) is 1.61. The van der Waals surface area contributed by atoms with Gasteiger partial charge in [0.25, 0.3) is 22.9 Å². The van der Waals surface area contributed by atoms with Crippen molar-refractivity contribution in [2.75, 3.05) is 6.61 Å². The molecule has 8 nitrogen and oxygen atoms in total. The number of hydrogen-bond donors (Lipinski definition) is 1. The lowest BCUT2D eigenvalue weighted by Crippen LogP contribution is -2.17. The monoisotopic (exact) mass is 423 g/mol.